The van der Waals surface area contributed by atoms with Gasteiger partial charge in [0, 0.05) is 18.2 Å². The molecular formula is C15H18ClN3O. The quantitative estimate of drug-likeness (QED) is 0.910. The lowest BCUT2D eigenvalue weighted by Crippen LogP contribution is -2.03. The van der Waals surface area contributed by atoms with E-state index in [2.05, 4.69) is 22.2 Å². The van der Waals surface area contributed by atoms with E-state index in [-0.39, 0.29) is 0 Å². The molecule has 0 aliphatic carbocycles. The number of anilines is 1. The molecule has 0 saturated carbocycles. The number of halogens is 1. The summed E-state index contributed by atoms with van der Waals surface area (Å²) in [6.45, 7) is 2.14. The van der Waals surface area contributed by atoms with Crippen LogP contribution in [0.15, 0.2) is 24.5 Å². The van der Waals surface area contributed by atoms with Crippen molar-refractivity contribution in [1.82, 2.24) is 9.97 Å². The first kappa shape index (κ1) is 14.6. The summed E-state index contributed by atoms with van der Waals surface area (Å²) >= 11 is 6.07. The summed E-state index contributed by atoms with van der Waals surface area (Å²) in [5.74, 6) is 1.52. The Bertz CT molecular complexity index is 602. The molecule has 0 aliphatic heterocycles. The number of aromatic nitrogens is 2. The van der Waals surface area contributed by atoms with E-state index < -0.39 is 0 Å². The molecule has 0 bridgehead atoms. The van der Waals surface area contributed by atoms with Crippen LogP contribution < -0.4 is 10.1 Å². The van der Waals surface area contributed by atoms with E-state index in [9.17, 15) is 0 Å². The summed E-state index contributed by atoms with van der Waals surface area (Å²) in [6.07, 6.45) is 3.51. The second-order valence-corrected chi connectivity index (χ2v) is 4.81. The largest absolute Gasteiger partial charge is 0.495 e. The Morgan fingerprint density at radius 3 is 2.75 bits per heavy atom. The molecule has 106 valence electrons. The molecule has 0 fully saturated rings. The molecule has 0 spiro atoms. The molecule has 0 unspecified atom stereocenters. The highest BCUT2D eigenvalue weighted by atomic mass is 35.5. The molecule has 5 heteroatoms. The molecule has 1 N–H and O–H groups in total. The molecule has 0 atom stereocenters. The molecule has 2 aromatic rings. The molecule has 0 saturated heterocycles. The Morgan fingerprint density at radius 1 is 1.30 bits per heavy atom. The number of benzene rings is 1. The summed E-state index contributed by atoms with van der Waals surface area (Å²) in [6, 6.07) is 5.68. The highest BCUT2D eigenvalue weighted by molar-refractivity contribution is 6.32. The summed E-state index contributed by atoms with van der Waals surface area (Å²) < 4.78 is 5.27. The molecule has 20 heavy (non-hydrogen) atoms. The third-order valence-corrected chi connectivity index (χ3v) is 3.42. The highest BCUT2D eigenvalue weighted by Crippen LogP contribution is 2.32. The number of hydrogen-bond donors (Lipinski definition) is 1. The second-order valence-electron chi connectivity index (χ2n) is 4.40. The van der Waals surface area contributed by atoms with Crippen molar-refractivity contribution in [2.45, 2.75) is 19.8 Å². The molecule has 0 radical (unpaired) electrons. The maximum Gasteiger partial charge on any atom is 0.138 e. The van der Waals surface area contributed by atoms with Gasteiger partial charge in [0.05, 0.1) is 17.8 Å². The number of methoxy groups -OCH3 is 1. The van der Waals surface area contributed by atoms with Gasteiger partial charge in [-0.1, -0.05) is 31.0 Å². The molecular weight excluding hydrogens is 274 g/mol. The van der Waals surface area contributed by atoms with Crippen LogP contribution in [0.3, 0.4) is 0 Å². The predicted octanol–water partition coefficient (Wildman–Crippen LogP) is 3.80. The summed E-state index contributed by atoms with van der Waals surface area (Å²) in [7, 11) is 3.48. The monoisotopic (exact) mass is 291 g/mol. The zero-order valence-electron chi connectivity index (χ0n) is 11.9. The van der Waals surface area contributed by atoms with Crippen LogP contribution in [-0.4, -0.2) is 24.1 Å². The van der Waals surface area contributed by atoms with Crippen LogP contribution in [0.5, 0.6) is 5.75 Å². The molecule has 1 heterocycles. The fourth-order valence-corrected chi connectivity index (χ4v) is 2.37. The molecule has 2 rings (SSSR count). The van der Waals surface area contributed by atoms with Gasteiger partial charge in [0.25, 0.3) is 0 Å². The second kappa shape index (κ2) is 6.57. The lowest BCUT2D eigenvalue weighted by atomic mass is 10.0. The van der Waals surface area contributed by atoms with Crippen molar-refractivity contribution in [3.05, 3.63) is 35.1 Å². The van der Waals surface area contributed by atoms with Crippen molar-refractivity contribution in [3.8, 4) is 17.0 Å². The lowest BCUT2D eigenvalue weighted by molar-refractivity contribution is 0.415. The van der Waals surface area contributed by atoms with E-state index in [4.69, 9.17) is 16.3 Å². The predicted molar refractivity (Wildman–Crippen MR) is 82.6 cm³/mol. The van der Waals surface area contributed by atoms with Gasteiger partial charge in [-0.15, -0.1) is 0 Å². The van der Waals surface area contributed by atoms with Gasteiger partial charge in [0.15, 0.2) is 0 Å². The van der Waals surface area contributed by atoms with Crippen LogP contribution in [0.25, 0.3) is 11.3 Å². The SMILES string of the molecule is CCCc1c(NC)ncnc1-c1ccc(Cl)c(OC)c1. The average molecular weight is 292 g/mol. The normalized spacial score (nSPS) is 10.4. The van der Waals surface area contributed by atoms with E-state index in [1.54, 1.807) is 13.4 Å². The van der Waals surface area contributed by atoms with E-state index in [0.717, 1.165) is 35.5 Å². The number of nitrogens with zero attached hydrogens (tertiary/aromatic N) is 2. The van der Waals surface area contributed by atoms with E-state index in [1.807, 2.05) is 25.2 Å². The molecule has 0 amide bonds. The lowest BCUT2D eigenvalue weighted by Gasteiger charge is -2.13. The van der Waals surface area contributed by atoms with Gasteiger partial charge in [-0.3, -0.25) is 0 Å². The highest BCUT2D eigenvalue weighted by Gasteiger charge is 2.13. The van der Waals surface area contributed by atoms with Crippen molar-refractivity contribution < 1.29 is 4.74 Å². The molecule has 4 nitrogen and oxygen atoms in total. The fourth-order valence-electron chi connectivity index (χ4n) is 2.17. The van der Waals surface area contributed by atoms with Crippen molar-refractivity contribution in [2.75, 3.05) is 19.5 Å². The van der Waals surface area contributed by atoms with Crippen LogP contribution >= 0.6 is 11.6 Å². The first-order valence-electron chi connectivity index (χ1n) is 6.56. The number of rotatable bonds is 5. The molecule has 1 aromatic carbocycles. The van der Waals surface area contributed by atoms with Crippen LogP contribution in [0.4, 0.5) is 5.82 Å². The van der Waals surface area contributed by atoms with Crippen molar-refractivity contribution in [3.63, 3.8) is 0 Å². The maximum atomic E-state index is 6.07. The van der Waals surface area contributed by atoms with Crippen LogP contribution in [-0.2, 0) is 6.42 Å². The Labute approximate surface area is 124 Å². The van der Waals surface area contributed by atoms with Crippen LogP contribution in [0.2, 0.25) is 5.02 Å². The van der Waals surface area contributed by atoms with E-state index >= 15 is 0 Å². The van der Waals surface area contributed by atoms with Crippen molar-refractivity contribution in [2.24, 2.45) is 0 Å². The smallest absolute Gasteiger partial charge is 0.138 e. The van der Waals surface area contributed by atoms with Gasteiger partial charge >= 0.3 is 0 Å². The zero-order chi connectivity index (χ0) is 14.5. The van der Waals surface area contributed by atoms with Gasteiger partial charge in [-0.2, -0.15) is 0 Å². The Balaban J connectivity index is 2.56. The van der Waals surface area contributed by atoms with Gasteiger partial charge in [0.2, 0.25) is 0 Å². The Morgan fingerprint density at radius 2 is 2.10 bits per heavy atom. The Hall–Kier alpha value is -1.81. The third kappa shape index (κ3) is 2.85. The van der Waals surface area contributed by atoms with Gasteiger partial charge < -0.3 is 10.1 Å². The summed E-state index contributed by atoms with van der Waals surface area (Å²) in [5, 5.41) is 3.72. The van der Waals surface area contributed by atoms with Crippen molar-refractivity contribution >= 4 is 17.4 Å². The van der Waals surface area contributed by atoms with Gasteiger partial charge in [-0.25, -0.2) is 9.97 Å². The van der Waals surface area contributed by atoms with Crippen LogP contribution in [0.1, 0.15) is 18.9 Å². The summed E-state index contributed by atoms with van der Waals surface area (Å²) in [5.41, 5.74) is 3.01. The number of hydrogen-bond acceptors (Lipinski definition) is 4. The average Bonchev–Trinajstić information content (AvgIpc) is 2.48. The number of nitrogens with one attached hydrogen (secondary N) is 1. The van der Waals surface area contributed by atoms with Gasteiger partial charge in [-0.05, 0) is 18.6 Å². The summed E-state index contributed by atoms with van der Waals surface area (Å²) in [4.78, 5) is 8.71. The van der Waals surface area contributed by atoms with E-state index in [1.165, 1.54) is 0 Å². The minimum absolute atomic E-state index is 0.594. The topological polar surface area (TPSA) is 47.0 Å². The van der Waals surface area contributed by atoms with Gasteiger partial charge in [0.1, 0.15) is 17.9 Å². The minimum atomic E-state index is 0.594. The van der Waals surface area contributed by atoms with E-state index in [0.29, 0.717) is 10.8 Å². The zero-order valence-corrected chi connectivity index (χ0v) is 12.7. The van der Waals surface area contributed by atoms with Crippen molar-refractivity contribution in [1.29, 1.82) is 0 Å². The molecule has 0 aliphatic rings. The fraction of sp³-hybridized carbons (Fsp3) is 0.333. The standard InChI is InChI=1S/C15H18ClN3O/c1-4-5-11-14(18-9-19-15(11)17-2)10-6-7-12(16)13(8-10)20-3/h6-9H,4-5H2,1-3H3,(H,17,18,19). The number of ether oxygens (including phenoxy) is 1. The molecule has 1 aromatic heterocycles. The van der Waals surface area contributed by atoms with Crippen LogP contribution in [0, 0.1) is 0 Å². The minimum Gasteiger partial charge on any atom is -0.495 e. The maximum absolute atomic E-state index is 6.07. The first-order valence-corrected chi connectivity index (χ1v) is 6.94. The third-order valence-electron chi connectivity index (χ3n) is 3.11. The Kier molecular flexibility index (Phi) is 4.79. The first-order chi connectivity index (χ1) is 9.71.